The van der Waals surface area contributed by atoms with Crippen molar-refractivity contribution in [2.24, 2.45) is 5.73 Å². The minimum atomic E-state index is -0.693. The predicted molar refractivity (Wildman–Crippen MR) is 127 cm³/mol. The predicted octanol–water partition coefficient (Wildman–Crippen LogP) is 3.48. The summed E-state index contributed by atoms with van der Waals surface area (Å²) in [5.41, 5.74) is 6.87. The van der Waals surface area contributed by atoms with Crippen molar-refractivity contribution < 1.29 is 23.9 Å². The highest BCUT2D eigenvalue weighted by molar-refractivity contribution is 6.33. The van der Waals surface area contributed by atoms with E-state index in [1.54, 1.807) is 48.5 Å². The Kier molecular flexibility index (Phi) is 8.37. The van der Waals surface area contributed by atoms with Gasteiger partial charge in [-0.3, -0.25) is 19.2 Å². The normalized spacial score (nSPS) is 11.2. The van der Waals surface area contributed by atoms with Gasteiger partial charge in [-0.2, -0.15) is 0 Å². The summed E-state index contributed by atoms with van der Waals surface area (Å²) in [6, 6.07) is 20.8. The molecule has 0 unspecified atom stereocenters. The van der Waals surface area contributed by atoms with Crippen molar-refractivity contribution in [2.75, 3.05) is 11.9 Å². The van der Waals surface area contributed by atoms with Crippen LogP contribution in [0.25, 0.3) is 0 Å². The number of halogens is 1. The van der Waals surface area contributed by atoms with Crippen LogP contribution in [0.5, 0.6) is 0 Å². The maximum Gasteiger partial charge on any atom is 0.308 e. The van der Waals surface area contributed by atoms with Crippen molar-refractivity contribution in [3.8, 4) is 0 Å². The van der Waals surface area contributed by atoms with Crippen LogP contribution < -0.4 is 16.4 Å². The Morgan fingerprint density at radius 3 is 2.18 bits per heavy atom. The number of nitrogens with one attached hydrogen (secondary N) is 2. The molecular formula is C25H22ClN3O5. The van der Waals surface area contributed by atoms with Crippen molar-refractivity contribution in [2.45, 2.75) is 12.5 Å². The molecule has 0 radical (unpaired) electrons. The molecule has 0 fully saturated rings. The van der Waals surface area contributed by atoms with Crippen LogP contribution >= 0.6 is 11.6 Å². The molecule has 3 rings (SSSR count). The second-order valence-electron chi connectivity index (χ2n) is 7.27. The first-order valence-electron chi connectivity index (χ1n) is 10.3. The van der Waals surface area contributed by atoms with Crippen molar-refractivity contribution in [3.63, 3.8) is 0 Å². The zero-order valence-electron chi connectivity index (χ0n) is 18.0. The molecule has 0 aliphatic carbocycles. The molecule has 0 aromatic heterocycles. The van der Waals surface area contributed by atoms with Gasteiger partial charge in [0.15, 0.2) is 6.61 Å². The van der Waals surface area contributed by atoms with Gasteiger partial charge < -0.3 is 21.1 Å². The minimum Gasteiger partial charge on any atom is -0.455 e. The number of primary amides is 1. The molecule has 1 atom stereocenters. The molecule has 9 heteroatoms. The van der Waals surface area contributed by atoms with Crippen LogP contribution in [-0.4, -0.2) is 30.3 Å². The van der Waals surface area contributed by atoms with Gasteiger partial charge in [0, 0.05) is 11.3 Å². The van der Waals surface area contributed by atoms with Crippen LogP contribution in [0, 0.1) is 0 Å². The molecule has 3 aromatic carbocycles. The summed E-state index contributed by atoms with van der Waals surface area (Å²) in [6.45, 7) is -0.517. The summed E-state index contributed by atoms with van der Waals surface area (Å²) in [4.78, 5) is 48.4. The first-order valence-corrected chi connectivity index (χ1v) is 10.7. The van der Waals surface area contributed by atoms with E-state index in [0.717, 1.165) is 0 Å². The number of rotatable bonds is 9. The van der Waals surface area contributed by atoms with Gasteiger partial charge in [0.05, 0.1) is 23.0 Å². The molecule has 0 bridgehead atoms. The van der Waals surface area contributed by atoms with E-state index in [1.807, 2.05) is 6.07 Å². The van der Waals surface area contributed by atoms with Gasteiger partial charge in [0.2, 0.25) is 5.91 Å². The largest absolute Gasteiger partial charge is 0.455 e. The number of anilines is 1. The molecule has 0 aliphatic heterocycles. The smallest absolute Gasteiger partial charge is 0.308 e. The quantitative estimate of drug-likeness (QED) is 0.405. The Hall–Kier alpha value is -4.17. The third-order valence-corrected chi connectivity index (χ3v) is 5.14. The lowest BCUT2D eigenvalue weighted by atomic mass is 10.0. The highest BCUT2D eigenvalue weighted by Crippen LogP contribution is 2.21. The first-order chi connectivity index (χ1) is 16.3. The van der Waals surface area contributed by atoms with Crippen LogP contribution in [0.1, 0.15) is 38.7 Å². The zero-order valence-corrected chi connectivity index (χ0v) is 18.7. The second-order valence-corrected chi connectivity index (χ2v) is 7.68. The number of carbonyl (C=O) groups is 4. The number of amides is 3. The van der Waals surface area contributed by atoms with Gasteiger partial charge in [-0.05, 0) is 42.0 Å². The summed E-state index contributed by atoms with van der Waals surface area (Å²) < 4.78 is 5.10. The van der Waals surface area contributed by atoms with Crippen LogP contribution in [0.3, 0.4) is 0 Å². The fraction of sp³-hybridized carbons (Fsp3) is 0.120. The molecular weight excluding hydrogens is 458 g/mol. The Bertz CT molecular complexity index is 1180. The van der Waals surface area contributed by atoms with E-state index in [9.17, 15) is 19.2 Å². The number of nitrogens with two attached hydrogens (primary N) is 1. The molecule has 0 saturated carbocycles. The average molecular weight is 480 g/mol. The molecule has 0 heterocycles. The Balaban J connectivity index is 1.59. The van der Waals surface area contributed by atoms with Crippen LogP contribution in [0.15, 0.2) is 78.9 Å². The Labute approximate surface area is 201 Å². The molecule has 0 spiro atoms. The maximum atomic E-state index is 12.7. The molecule has 174 valence electrons. The molecule has 0 saturated heterocycles. The summed E-state index contributed by atoms with van der Waals surface area (Å²) >= 11 is 6.11. The third kappa shape index (κ3) is 6.91. The van der Waals surface area contributed by atoms with Gasteiger partial charge in [-0.15, -0.1) is 0 Å². The molecule has 4 N–H and O–H groups in total. The number of benzene rings is 3. The van der Waals surface area contributed by atoms with Gasteiger partial charge >= 0.3 is 5.97 Å². The van der Waals surface area contributed by atoms with E-state index in [1.165, 1.54) is 24.3 Å². The topological polar surface area (TPSA) is 128 Å². The number of hydrogen-bond acceptors (Lipinski definition) is 5. The molecule has 8 nitrogen and oxygen atoms in total. The number of esters is 1. The van der Waals surface area contributed by atoms with Crippen molar-refractivity contribution >= 4 is 41.0 Å². The second kappa shape index (κ2) is 11.6. The van der Waals surface area contributed by atoms with Crippen LogP contribution in [-0.2, 0) is 14.3 Å². The highest BCUT2D eigenvalue weighted by Gasteiger charge is 2.21. The third-order valence-electron chi connectivity index (χ3n) is 4.81. The SMILES string of the molecule is NC(=O)c1ccc(NC(=O)COC(=O)C[C@@H](NC(=O)c2ccccc2Cl)c2ccccc2)cc1. The minimum absolute atomic E-state index is 0.194. The van der Waals surface area contributed by atoms with E-state index in [0.29, 0.717) is 16.8 Å². The van der Waals surface area contributed by atoms with Gasteiger partial charge in [-0.25, -0.2) is 0 Å². The van der Waals surface area contributed by atoms with E-state index in [-0.39, 0.29) is 17.0 Å². The fourth-order valence-electron chi connectivity index (χ4n) is 3.11. The van der Waals surface area contributed by atoms with Gasteiger partial charge in [0.25, 0.3) is 11.8 Å². The summed E-state index contributed by atoms with van der Waals surface area (Å²) in [6.07, 6.45) is -0.194. The molecule has 3 aromatic rings. The Morgan fingerprint density at radius 2 is 1.53 bits per heavy atom. The van der Waals surface area contributed by atoms with Crippen LogP contribution in [0.2, 0.25) is 5.02 Å². The highest BCUT2D eigenvalue weighted by atomic mass is 35.5. The van der Waals surface area contributed by atoms with Crippen molar-refractivity contribution in [1.82, 2.24) is 5.32 Å². The number of carbonyl (C=O) groups excluding carboxylic acids is 4. The van der Waals surface area contributed by atoms with Gasteiger partial charge in [0.1, 0.15) is 0 Å². The molecule has 0 aliphatic rings. The van der Waals surface area contributed by atoms with Gasteiger partial charge in [-0.1, -0.05) is 54.1 Å². The first kappa shape index (κ1) is 24.5. The molecule has 34 heavy (non-hydrogen) atoms. The number of hydrogen-bond donors (Lipinski definition) is 3. The molecule has 3 amide bonds. The van der Waals surface area contributed by atoms with Crippen LogP contribution in [0.4, 0.5) is 5.69 Å². The number of ether oxygens (including phenoxy) is 1. The summed E-state index contributed by atoms with van der Waals surface area (Å²) in [5, 5.41) is 5.64. The zero-order chi connectivity index (χ0) is 24.5. The van der Waals surface area contributed by atoms with E-state index in [4.69, 9.17) is 22.1 Å². The maximum absolute atomic E-state index is 12.7. The monoisotopic (exact) mass is 479 g/mol. The van der Waals surface area contributed by atoms with E-state index >= 15 is 0 Å². The summed E-state index contributed by atoms with van der Waals surface area (Å²) in [5.74, 6) is -2.25. The van der Waals surface area contributed by atoms with E-state index < -0.39 is 36.3 Å². The summed E-state index contributed by atoms with van der Waals surface area (Å²) in [7, 11) is 0. The standard InChI is InChI=1S/C25H22ClN3O5/c26-20-9-5-4-8-19(20)25(33)29-21(16-6-2-1-3-7-16)14-23(31)34-15-22(30)28-18-12-10-17(11-13-18)24(27)32/h1-13,21H,14-15H2,(H2,27,32)(H,28,30)(H,29,33)/t21-/m1/s1. The lowest BCUT2D eigenvalue weighted by Crippen LogP contribution is -2.31. The van der Waals surface area contributed by atoms with Crippen molar-refractivity contribution in [3.05, 3.63) is 101 Å². The average Bonchev–Trinajstić information content (AvgIpc) is 2.83. The fourth-order valence-corrected chi connectivity index (χ4v) is 3.33. The lowest BCUT2D eigenvalue weighted by molar-refractivity contribution is -0.147. The van der Waals surface area contributed by atoms with E-state index in [2.05, 4.69) is 10.6 Å². The lowest BCUT2D eigenvalue weighted by Gasteiger charge is -2.19. The Morgan fingerprint density at radius 1 is 0.882 bits per heavy atom. The van der Waals surface area contributed by atoms with Crippen molar-refractivity contribution in [1.29, 1.82) is 0 Å².